The predicted molar refractivity (Wildman–Crippen MR) is 169 cm³/mol. The molecule has 1 atom stereocenters. The van der Waals surface area contributed by atoms with E-state index < -0.39 is 0 Å². The SMILES string of the molecule is CCOC(=O)CN(C)CCC(/C=C/c1ccccc1OCCCCCc1ccccc1)Cc1ccc(C(=O)OC)cc1. The van der Waals surface area contributed by atoms with Gasteiger partial charge in [-0.05, 0) is 94.3 Å². The standard InChI is InChI=1S/C36H45NO5/c1-4-41-35(38)28-37(2)25-24-31(27-30-19-22-33(23-20-30)36(39)40-3)18-21-32-16-10-11-17-34(32)42-26-12-6-9-15-29-13-7-5-8-14-29/h5,7-8,10-11,13-14,16-23,31H,4,6,9,12,15,24-28H2,1-3H3/b21-18+. The second-order valence-electron chi connectivity index (χ2n) is 10.5. The number of carbonyl (C=O) groups excluding carboxylic acids is 2. The molecule has 0 radical (unpaired) electrons. The second-order valence-corrected chi connectivity index (χ2v) is 10.5. The highest BCUT2D eigenvalue weighted by Crippen LogP contribution is 2.23. The molecule has 0 heterocycles. The van der Waals surface area contributed by atoms with Gasteiger partial charge in [0.25, 0.3) is 0 Å². The molecule has 1 unspecified atom stereocenters. The zero-order chi connectivity index (χ0) is 30.0. The number of nitrogens with zero attached hydrogens (tertiary/aromatic N) is 1. The number of rotatable bonds is 18. The van der Waals surface area contributed by atoms with Crippen LogP contribution in [0, 0.1) is 5.92 Å². The normalized spacial score (nSPS) is 11.9. The van der Waals surface area contributed by atoms with Crippen LogP contribution in [0.15, 0.2) is 84.9 Å². The molecule has 0 aliphatic heterocycles. The Bertz CT molecular complexity index is 1240. The van der Waals surface area contributed by atoms with E-state index in [1.54, 1.807) is 12.1 Å². The summed E-state index contributed by atoms with van der Waals surface area (Å²) in [4.78, 5) is 25.8. The molecule has 0 aliphatic rings. The van der Waals surface area contributed by atoms with Crippen molar-refractivity contribution in [3.05, 3.63) is 107 Å². The molecule has 6 heteroatoms. The molecule has 42 heavy (non-hydrogen) atoms. The fraction of sp³-hybridized carbons (Fsp3) is 0.389. The molecule has 0 fully saturated rings. The predicted octanol–water partition coefficient (Wildman–Crippen LogP) is 7.02. The van der Waals surface area contributed by atoms with Crippen molar-refractivity contribution in [2.75, 3.05) is 40.5 Å². The average Bonchev–Trinajstić information content (AvgIpc) is 3.01. The van der Waals surface area contributed by atoms with Crippen molar-refractivity contribution in [3.8, 4) is 5.75 Å². The van der Waals surface area contributed by atoms with E-state index in [2.05, 4.69) is 48.6 Å². The summed E-state index contributed by atoms with van der Waals surface area (Å²) in [6, 6.07) is 26.3. The van der Waals surface area contributed by atoms with Crippen molar-refractivity contribution in [2.45, 2.75) is 45.4 Å². The Labute approximate surface area is 251 Å². The minimum Gasteiger partial charge on any atom is -0.493 e. The van der Waals surface area contributed by atoms with Crippen LogP contribution in [-0.4, -0.2) is 57.3 Å². The summed E-state index contributed by atoms with van der Waals surface area (Å²) >= 11 is 0. The minimum absolute atomic E-state index is 0.211. The molecule has 0 saturated carbocycles. The number of methoxy groups -OCH3 is 1. The summed E-state index contributed by atoms with van der Waals surface area (Å²) in [5.74, 6) is 0.546. The maximum atomic E-state index is 11.9. The summed E-state index contributed by atoms with van der Waals surface area (Å²) in [7, 11) is 3.32. The van der Waals surface area contributed by atoms with Gasteiger partial charge in [0.15, 0.2) is 0 Å². The number of esters is 2. The molecule has 0 bridgehead atoms. The van der Waals surface area contributed by atoms with E-state index in [9.17, 15) is 9.59 Å². The van der Waals surface area contributed by atoms with Gasteiger partial charge in [-0.1, -0.05) is 72.8 Å². The number of hydrogen-bond donors (Lipinski definition) is 0. The van der Waals surface area contributed by atoms with E-state index >= 15 is 0 Å². The van der Waals surface area contributed by atoms with Crippen molar-refractivity contribution in [1.82, 2.24) is 4.90 Å². The van der Waals surface area contributed by atoms with E-state index in [-0.39, 0.29) is 24.4 Å². The van der Waals surface area contributed by atoms with Gasteiger partial charge >= 0.3 is 11.9 Å². The third-order valence-electron chi connectivity index (χ3n) is 7.14. The van der Waals surface area contributed by atoms with Gasteiger partial charge in [-0.15, -0.1) is 0 Å². The van der Waals surface area contributed by atoms with Gasteiger partial charge in [0.2, 0.25) is 0 Å². The number of benzene rings is 3. The van der Waals surface area contributed by atoms with Crippen molar-refractivity contribution in [2.24, 2.45) is 5.92 Å². The van der Waals surface area contributed by atoms with E-state index in [1.807, 2.05) is 49.2 Å². The molecule has 3 aromatic rings. The van der Waals surface area contributed by atoms with Crippen LogP contribution in [-0.2, 0) is 27.1 Å². The molecule has 0 N–H and O–H groups in total. The number of ether oxygens (including phenoxy) is 3. The number of para-hydroxylation sites is 1. The Morgan fingerprint density at radius 1 is 0.881 bits per heavy atom. The van der Waals surface area contributed by atoms with Gasteiger partial charge in [0, 0.05) is 5.56 Å². The summed E-state index contributed by atoms with van der Waals surface area (Å²) in [6.45, 7) is 3.90. The van der Waals surface area contributed by atoms with Crippen LogP contribution < -0.4 is 4.74 Å². The summed E-state index contributed by atoms with van der Waals surface area (Å²) < 4.78 is 16.1. The van der Waals surface area contributed by atoms with Crippen LogP contribution >= 0.6 is 0 Å². The largest absolute Gasteiger partial charge is 0.493 e. The van der Waals surface area contributed by atoms with Gasteiger partial charge < -0.3 is 14.2 Å². The van der Waals surface area contributed by atoms with Crippen molar-refractivity contribution in [3.63, 3.8) is 0 Å². The van der Waals surface area contributed by atoms with Gasteiger partial charge in [0.05, 0.1) is 32.4 Å². The van der Waals surface area contributed by atoms with E-state index in [4.69, 9.17) is 14.2 Å². The Hall–Kier alpha value is -3.90. The summed E-state index contributed by atoms with van der Waals surface area (Å²) in [5.41, 5.74) is 4.10. The third-order valence-corrected chi connectivity index (χ3v) is 7.14. The number of hydrogen-bond acceptors (Lipinski definition) is 6. The molecular formula is C36H45NO5. The van der Waals surface area contributed by atoms with Gasteiger partial charge in [-0.3, -0.25) is 9.69 Å². The van der Waals surface area contributed by atoms with Crippen molar-refractivity contribution < 1.29 is 23.8 Å². The monoisotopic (exact) mass is 571 g/mol. The molecule has 3 rings (SSSR count). The zero-order valence-corrected chi connectivity index (χ0v) is 25.3. The van der Waals surface area contributed by atoms with Crippen LogP contribution in [0.1, 0.15) is 59.7 Å². The smallest absolute Gasteiger partial charge is 0.337 e. The van der Waals surface area contributed by atoms with Crippen molar-refractivity contribution >= 4 is 18.0 Å². The topological polar surface area (TPSA) is 65.1 Å². The van der Waals surface area contributed by atoms with Crippen LogP contribution in [0.3, 0.4) is 0 Å². The lowest BCUT2D eigenvalue weighted by Gasteiger charge is -2.19. The maximum Gasteiger partial charge on any atom is 0.337 e. The molecular weight excluding hydrogens is 526 g/mol. The number of allylic oxidation sites excluding steroid dienone is 1. The number of likely N-dealkylation sites (N-methyl/N-ethyl adjacent to an activating group) is 1. The molecule has 3 aromatic carbocycles. The maximum absolute atomic E-state index is 11.9. The molecule has 0 aromatic heterocycles. The minimum atomic E-state index is -0.341. The lowest BCUT2D eigenvalue weighted by molar-refractivity contribution is -0.144. The molecule has 0 spiro atoms. The van der Waals surface area contributed by atoms with Crippen LogP contribution in [0.25, 0.3) is 6.08 Å². The van der Waals surface area contributed by atoms with E-state index in [1.165, 1.54) is 12.7 Å². The van der Waals surface area contributed by atoms with Gasteiger partial charge in [0.1, 0.15) is 5.75 Å². The van der Waals surface area contributed by atoms with Gasteiger partial charge in [-0.2, -0.15) is 0 Å². The van der Waals surface area contributed by atoms with Crippen LogP contribution in [0.5, 0.6) is 5.75 Å². The highest BCUT2D eigenvalue weighted by Gasteiger charge is 2.13. The average molecular weight is 572 g/mol. The van der Waals surface area contributed by atoms with E-state index in [0.29, 0.717) is 18.8 Å². The molecule has 0 amide bonds. The number of aryl methyl sites for hydroxylation is 1. The summed E-state index contributed by atoms with van der Waals surface area (Å²) in [5, 5.41) is 0. The highest BCUT2D eigenvalue weighted by atomic mass is 16.5. The van der Waals surface area contributed by atoms with Crippen LogP contribution in [0.2, 0.25) is 0 Å². The quantitative estimate of drug-likeness (QED) is 0.121. The third kappa shape index (κ3) is 11.9. The zero-order valence-electron chi connectivity index (χ0n) is 25.3. The lowest BCUT2D eigenvalue weighted by Crippen LogP contribution is -2.29. The fourth-order valence-electron chi connectivity index (χ4n) is 4.78. The Balaban J connectivity index is 1.60. The van der Waals surface area contributed by atoms with Crippen molar-refractivity contribution in [1.29, 1.82) is 0 Å². The fourth-order valence-corrected chi connectivity index (χ4v) is 4.78. The number of unbranched alkanes of at least 4 members (excludes halogenated alkanes) is 2. The summed E-state index contributed by atoms with van der Waals surface area (Å²) in [6.07, 6.45) is 10.4. The molecule has 0 aliphatic carbocycles. The van der Waals surface area contributed by atoms with Gasteiger partial charge in [-0.25, -0.2) is 4.79 Å². The molecule has 6 nitrogen and oxygen atoms in total. The first-order valence-electron chi connectivity index (χ1n) is 14.9. The lowest BCUT2D eigenvalue weighted by atomic mass is 9.94. The highest BCUT2D eigenvalue weighted by molar-refractivity contribution is 5.89. The molecule has 224 valence electrons. The first-order chi connectivity index (χ1) is 20.5. The molecule has 0 saturated heterocycles. The number of carbonyl (C=O) groups is 2. The Morgan fingerprint density at radius 2 is 1.62 bits per heavy atom. The Kier molecular flexibility index (Phi) is 14.4. The second kappa shape index (κ2) is 18.5. The first-order valence-corrected chi connectivity index (χ1v) is 14.9. The Morgan fingerprint density at radius 3 is 2.36 bits per heavy atom. The first kappa shape index (κ1) is 32.6. The van der Waals surface area contributed by atoms with E-state index in [0.717, 1.165) is 61.9 Å². The van der Waals surface area contributed by atoms with Crippen LogP contribution in [0.4, 0.5) is 0 Å².